The second kappa shape index (κ2) is 7.70. The van der Waals surface area contributed by atoms with Crippen LogP contribution in [0.25, 0.3) is 0 Å². The van der Waals surface area contributed by atoms with Crippen LogP contribution in [0.5, 0.6) is 0 Å². The van der Waals surface area contributed by atoms with E-state index in [1.165, 1.54) is 0 Å². The molecule has 4 aromatic rings. The van der Waals surface area contributed by atoms with Crippen molar-refractivity contribution in [2.45, 2.75) is 12.6 Å². The van der Waals surface area contributed by atoms with Crippen LogP contribution >= 0.6 is 0 Å². The lowest BCUT2D eigenvalue weighted by molar-refractivity contribution is 0.0934. The number of hydrogen-bond donors (Lipinski definition) is 1. The molecular formula is C21H18N4O2. The predicted molar refractivity (Wildman–Crippen MR) is 100 cm³/mol. The summed E-state index contributed by atoms with van der Waals surface area (Å²) >= 11 is 0. The number of aromatic nitrogens is 3. The van der Waals surface area contributed by atoms with Gasteiger partial charge in [-0.25, -0.2) is 4.68 Å². The zero-order chi connectivity index (χ0) is 18.5. The van der Waals surface area contributed by atoms with Gasteiger partial charge in [-0.15, -0.1) is 5.10 Å². The highest BCUT2D eigenvalue weighted by Crippen LogP contribution is 2.22. The lowest BCUT2D eigenvalue weighted by Crippen LogP contribution is -2.29. The molecular weight excluding hydrogens is 340 g/mol. The zero-order valence-corrected chi connectivity index (χ0v) is 14.5. The molecule has 1 unspecified atom stereocenters. The first-order valence-corrected chi connectivity index (χ1v) is 8.63. The van der Waals surface area contributed by atoms with Gasteiger partial charge in [-0.1, -0.05) is 65.9 Å². The van der Waals surface area contributed by atoms with Gasteiger partial charge in [0.15, 0.2) is 5.69 Å². The third kappa shape index (κ3) is 3.95. The van der Waals surface area contributed by atoms with Crippen molar-refractivity contribution in [2.75, 3.05) is 0 Å². The molecule has 1 atom stereocenters. The fraction of sp³-hybridized carbons (Fsp3) is 0.0952. The summed E-state index contributed by atoms with van der Waals surface area (Å²) in [6.07, 6.45) is 3.24. The van der Waals surface area contributed by atoms with E-state index in [1.807, 2.05) is 66.7 Å². The molecule has 2 heterocycles. The molecule has 2 aromatic heterocycles. The molecule has 0 saturated heterocycles. The standard InChI is InChI=1S/C21H18N4O2/c26-21(18-15-25(24-23-18)14-16-8-3-1-4-9-16)22-20(19-12-7-13-27-19)17-10-5-2-6-11-17/h1-13,15,20H,14H2,(H,22,26). The van der Waals surface area contributed by atoms with Crippen LogP contribution in [0.15, 0.2) is 89.7 Å². The van der Waals surface area contributed by atoms with Crippen LogP contribution in [-0.2, 0) is 6.54 Å². The van der Waals surface area contributed by atoms with Crippen LogP contribution in [0.2, 0.25) is 0 Å². The van der Waals surface area contributed by atoms with E-state index in [0.29, 0.717) is 12.3 Å². The monoisotopic (exact) mass is 358 g/mol. The first kappa shape index (κ1) is 16.8. The van der Waals surface area contributed by atoms with Gasteiger partial charge < -0.3 is 9.73 Å². The summed E-state index contributed by atoms with van der Waals surface area (Å²) in [7, 11) is 0. The normalized spacial score (nSPS) is 11.9. The Morgan fingerprint density at radius 3 is 2.44 bits per heavy atom. The van der Waals surface area contributed by atoms with Crippen molar-refractivity contribution in [3.05, 3.63) is 108 Å². The Balaban J connectivity index is 1.52. The number of amides is 1. The van der Waals surface area contributed by atoms with E-state index in [1.54, 1.807) is 23.2 Å². The molecule has 0 saturated carbocycles. The molecule has 4 rings (SSSR count). The lowest BCUT2D eigenvalue weighted by Gasteiger charge is -2.16. The first-order valence-electron chi connectivity index (χ1n) is 8.63. The van der Waals surface area contributed by atoms with Crippen LogP contribution in [0, 0.1) is 0 Å². The van der Waals surface area contributed by atoms with Gasteiger partial charge in [0.2, 0.25) is 0 Å². The minimum absolute atomic E-state index is 0.262. The molecule has 134 valence electrons. The van der Waals surface area contributed by atoms with Gasteiger partial charge in [0.05, 0.1) is 19.0 Å². The predicted octanol–water partition coefficient (Wildman–Crippen LogP) is 3.44. The van der Waals surface area contributed by atoms with E-state index in [0.717, 1.165) is 11.1 Å². The molecule has 1 N–H and O–H groups in total. The van der Waals surface area contributed by atoms with Crippen molar-refractivity contribution in [2.24, 2.45) is 0 Å². The van der Waals surface area contributed by atoms with E-state index < -0.39 is 6.04 Å². The Hall–Kier alpha value is -3.67. The minimum atomic E-state index is -0.395. The average molecular weight is 358 g/mol. The van der Waals surface area contributed by atoms with Crippen LogP contribution in [0.1, 0.15) is 33.4 Å². The molecule has 0 radical (unpaired) electrons. The summed E-state index contributed by atoms with van der Waals surface area (Å²) in [4.78, 5) is 12.7. The van der Waals surface area contributed by atoms with Gasteiger partial charge in [-0.2, -0.15) is 0 Å². The van der Waals surface area contributed by atoms with Crippen LogP contribution in [-0.4, -0.2) is 20.9 Å². The Morgan fingerprint density at radius 2 is 1.74 bits per heavy atom. The summed E-state index contributed by atoms with van der Waals surface area (Å²) in [5.74, 6) is 0.353. The maximum atomic E-state index is 12.7. The van der Waals surface area contributed by atoms with Crippen molar-refractivity contribution in [3.63, 3.8) is 0 Å². The van der Waals surface area contributed by atoms with Crippen LogP contribution in [0.4, 0.5) is 0 Å². The van der Waals surface area contributed by atoms with E-state index in [2.05, 4.69) is 15.6 Å². The Kier molecular flexibility index (Phi) is 4.78. The topological polar surface area (TPSA) is 73.0 Å². The second-order valence-electron chi connectivity index (χ2n) is 6.12. The first-order chi connectivity index (χ1) is 13.3. The molecule has 0 fully saturated rings. The number of rotatable bonds is 6. The fourth-order valence-electron chi connectivity index (χ4n) is 2.87. The van der Waals surface area contributed by atoms with E-state index >= 15 is 0 Å². The Morgan fingerprint density at radius 1 is 1.00 bits per heavy atom. The highest BCUT2D eigenvalue weighted by atomic mass is 16.3. The van der Waals surface area contributed by atoms with Crippen molar-refractivity contribution in [3.8, 4) is 0 Å². The maximum absolute atomic E-state index is 12.7. The smallest absolute Gasteiger partial charge is 0.274 e. The summed E-state index contributed by atoms with van der Waals surface area (Å²) in [5.41, 5.74) is 2.28. The SMILES string of the molecule is O=C(NC(c1ccccc1)c1ccco1)c1cn(Cc2ccccc2)nn1. The molecule has 6 nitrogen and oxygen atoms in total. The molecule has 0 aliphatic heterocycles. The number of hydrogen-bond acceptors (Lipinski definition) is 4. The highest BCUT2D eigenvalue weighted by Gasteiger charge is 2.21. The van der Waals surface area contributed by atoms with Crippen molar-refractivity contribution < 1.29 is 9.21 Å². The van der Waals surface area contributed by atoms with Gasteiger partial charge in [0.1, 0.15) is 11.8 Å². The van der Waals surface area contributed by atoms with Crippen molar-refractivity contribution in [1.82, 2.24) is 20.3 Å². The number of furan rings is 1. The summed E-state index contributed by atoms with van der Waals surface area (Å²) in [6.45, 7) is 0.557. The number of nitrogens with one attached hydrogen (secondary N) is 1. The number of nitrogens with zero attached hydrogens (tertiary/aromatic N) is 3. The fourth-order valence-corrected chi connectivity index (χ4v) is 2.87. The minimum Gasteiger partial charge on any atom is -0.467 e. The van der Waals surface area contributed by atoms with Crippen LogP contribution < -0.4 is 5.32 Å². The van der Waals surface area contributed by atoms with Crippen LogP contribution in [0.3, 0.4) is 0 Å². The summed E-state index contributed by atoms with van der Waals surface area (Å²) in [5, 5.41) is 11.0. The Labute approximate surface area is 156 Å². The van der Waals surface area contributed by atoms with E-state index in [9.17, 15) is 4.79 Å². The van der Waals surface area contributed by atoms with Gasteiger partial charge in [-0.3, -0.25) is 4.79 Å². The molecule has 0 bridgehead atoms. The summed E-state index contributed by atoms with van der Waals surface area (Å²) < 4.78 is 7.16. The number of benzene rings is 2. The quantitative estimate of drug-likeness (QED) is 0.573. The third-order valence-corrected chi connectivity index (χ3v) is 4.19. The van der Waals surface area contributed by atoms with Gasteiger partial charge >= 0.3 is 0 Å². The van der Waals surface area contributed by atoms with Gasteiger partial charge in [-0.05, 0) is 23.3 Å². The zero-order valence-electron chi connectivity index (χ0n) is 14.5. The molecule has 6 heteroatoms. The molecule has 27 heavy (non-hydrogen) atoms. The molecule has 0 aliphatic rings. The second-order valence-corrected chi connectivity index (χ2v) is 6.12. The number of carbonyl (C=O) groups excluding carboxylic acids is 1. The molecule has 0 spiro atoms. The molecule has 0 aliphatic carbocycles. The third-order valence-electron chi connectivity index (χ3n) is 4.19. The van der Waals surface area contributed by atoms with Crippen molar-refractivity contribution in [1.29, 1.82) is 0 Å². The summed E-state index contributed by atoms with van der Waals surface area (Å²) in [6, 6.07) is 22.8. The van der Waals surface area contributed by atoms with Crippen molar-refractivity contribution >= 4 is 5.91 Å². The Bertz CT molecular complexity index is 995. The maximum Gasteiger partial charge on any atom is 0.274 e. The number of carbonyl (C=O) groups is 1. The molecule has 2 aromatic carbocycles. The van der Waals surface area contributed by atoms with Gasteiger partial charge in [0, 0.05) is 0 Å². The molecule has 1 amide bonds. The average Bonchev–Trinajstić information content (AvgIpc) is 3.40. The van der Waals surface area contributed by atoms with Gasteiger partial charge in [0.25, 0.3) is 5.91 Å². The lowest BCUT2D eigenvalue weighted by atomic mass is 10.0. The van der Waals surface area contributed by atoms with E-state index in [-0.39, 0.29) is 11.6 Å². The van der Waals surface area contributed by atoms with E-state index in [4.69, 9.17) is 4.42 Å². The largest absolute Gasteiger partial charge is 0.467 e. The highest BCUT2D eigenvalue weighted by molar-refractivity contribution is 5.92.